The Morgan fingerprint density at radius 3 is 2.56 bits per heavy atom. The molecule has 0 radical (unpaired) electrons. The van der Waals surface area contributed by atoms with E-state index in [1.165, 1.54) is 24.0 Å². The number of likely N-dealkylation sites (tertiary alicyclic amines) is 1. The van der Waals surface area contributed by atoms with E-state index in [9.17, 15) is 9.90 Å². The van der Waals surface area contributed by atoms with E-state index in [0.717, 1.165) is 13.1 Å². The summed E-state index contributed by atoms with van der Waals surface area (Å²) in [5, 5.41) is 10.7. The highest BCUT2D eigenvalue weighted by Crippen LogP contribution is 2.32. The minimum atomic E-state index is -0.278. The lowest BCUT2D eigenvalue weighted by molar-refractivity contribution is -0.901. The zero-order chi connectivity index (χ0) is 18.8. The van der Waals surface area contributed by atoms with E-state index in [4.69, 9.17) is 13.9 Å². The standard InChI is InChI=1S/C21H21NO5/c1-25-17-6-2-3-7-18(17)27-19-13-26-21-14(20(19)24)8-9-16(23)15(21)12-22-10-4-5-11-22/h2-3,6-9,13,23H,4-5,10-12H2,1H3/p+1. The second-order valence-electron chi connectivity index (χ2n) is 6.76. The molecule has 0 atom stereocenters. The quantitative estimate of drug-likeness (QED) is 0.724. The Balaban J connectivity index is 1.74. The molecule has 4 rings (SSSR count). The van der Waals surface area contributed by atoms with Crippen molar-refractivity contribution < 1.29 is 23.9 Å². The van der Waals surface area contributed by atoms with E-state index < -0.39 is 0 Å². The molecule has 1 aromatic heterocycles. The Morgan fingerprint density at radius 2 is 1.81 bits per heavy atom. The zero-order valence-electron chi connectivity index (χ0n) is 15.2. The summed E-state index contributed by atoms with van der Waals surface area (Å²) in [6, 6.07) is 10.2. The number of hydrogen-bond donors (Lipinski definition) is 2. The van der Waals surface area contributed by atoms with Crippen LogP contribution >= 0.6 is 0 Å². The van der Waals surface area contributed by atoms with Gasteiger partial charge in [-0.3, -0.25) is 4.79 Å². The number of phenols is 1. The van der Waals surface area contributed by atoms with Crippen LogP contribution in [0, 0.1) is 0 Å². The van der Waals surface area contributed by atoms with Crippen molar-refractivity contribution in [1.82, 2.24) is 0 Å². The number of aromatic hydroxyl groups is 1. The van der Waals surface area contributed by atoms with Gasteiger partial charge in [-0.05, 0) is 24.3 Å². The Kier molecular flexibility index (Phi) is 4.73. The van der Waals surface area contributed by atoms with Gasteiger partial charge in [0.15, 0.2) is 17.1 Å². The molecule has 0 unspecified atom stereocenters. The van der Waals surface area contributed by atoms with E-state index in [0.29, 0.717) is 34.6 Å². The number of quaternary nitrogens is 1. The number of ether oxygens (including phenoxy) is 2. The van der Waals surface area contributed by atoms with Gasteiger partial charge in [-0.15, -0.1) is 0 Å². The van der Waals surface area contributed by atoms with Crippen molar-refractivity contribution in [3.63, 3.8) is 0 Å². The predicted molar refractivity (Wildman–Crippen MR) is 101 cm³/mol. The second-order valence-corrected chi connectivity index (χ2v) is 6.76. The fraction of sp³-hybridized carbons (Fsp3) is 0.286. The summed E-state index contributed by atoms with van der Waals surface area (Å²) in [7, 11) is 1.54. The molecule has 0 bridgehead atoms. The molecule has 2 heterocycles. The third kappa shape index (κ3) is 3.36. The Labute approximate surface area is 156 Å². The average Bonchev–Trinajstić information content (AvgIpc) is 3.20. The molecule has 0 amide bonds. The maximum atomic E-state index is 12.9. The Bertz CT molecular complexity index is 1020. The summed E-state index contributed by atoms with van der Waals surface area (Å²) in [6.45, 7) is 2.77. The van der Waals surface area contributed by atoms with Gasteiger partial charge in [0.1, 0.15) is 18.6 Å². The van der Waals surface area contributed by atoms with Gasteiger partial charge in [0.2, 0.25) is 11.2 Å². The van der Waals surface area contributed by atoms with E-state index in [1.807, 2.05) is 6.07 Å². The number of phenolic OH excluding ortho intramolecular Hbond substituents is 1. The van der Waals surface area contributed by atoms with Crippen molar-refractivity contribution >= 4 is 11.0 Å². The van der Waals surface area contributed by atoms with Crippen molar-refractivity contribution in [2.75, 3.05) is 20.2 Å². The maximum Gasteiger partial charge on any atom is 0.235 e. The lowest BCUT2D eigenvalue weighted by atomic mass is 10.1. The SMILES string of the molecule is COc1ccccc1Oc1coc2c(C[NH+]3CCCC3)c(O)ccc2c1=O. The summed E-state index contributed by atoms with van der Waals surface area (Å²) in [6.07, 6.45) is 3.67. The molecule has 140 valence electrons. The second kappa shape index (κ2) is 7.32. The topological polar surface area (TPSA) is 73.3 Å². The van der Waals surface area contributed by atoms with Crippen LogP contribution in [0.25, 0.3) is 11.0 Å². The minimum absolute atomic E-state index is 0.0807. The van der Waals surface area contributed by atoms with Gasteiger partial charge in [-0.1, -0.05) is 12.1 Å². The molecule has 2 N–H and O–H groups in total. The van der Waals surface area contributed by atoms with Gasteiger partial charge in [0, 0.05) is 12.8 Å². The molecule has 0 aliphatic carbocycles. The molecular formula is C21H22NO5+. The molecule has 0 saturated carbocycles. The monoisotopic (exact) mass is 368 g/mol. The van der Waals surface area contributed by atoms with Gasteiger partial charge in [0.25, 0.3) is 0 Å². The minimum Gasteiger partial charge on any atom is -0.507 e. The highest BCUT2D eigenvalue weighted by Gasteiger charge is 2.22. The lowest BCUT2D eigenvalue weighted by Crippen LogP contribution is -3.08. The van der Waals surface area contributed by atoms with Crippen LogP contribution < -0.4 is 19.8 Å². The first kappa shape index (κ1) is 17.4. The maximum absolute atomic E-state index is 12.9. The number of hydrogen-bond acceptors (Lipinski definition) is 5. The Morgan fingerprint density at radius 1 is 1.07 bits per heavy atom. The smallest absolute Gasteiger partial charge is 0.235 e. The summed E-state index contributed by atoms with van der Waals surface area (Å²) in [5.41, 5.74) is 0.817. The molecule has 1 saturated heterocycles. The summed E-state index contributed by atoms with van der Waals surface area (Å²) in [5.74, 6) is 1.20. The van der Waals surface area contributed by atoms with Crippen LogP contribution in [0.2, 0.25) is 0 Å². The molecule has 1 aliphatic heterocycles. The number of para-hydroxylation sites is 2. The van der Waals surface area contributed by atoms with Gasteiger partial charge < -0.3 is 23.9 Å². The van der Waals surface area contributed by atoms with Crippen molar-refractivity contribution in [2.24, 2.45) is 0 Å². The van der Waals surface area contributed by atoms with Crippen LogP contribution in [-0.4, -0.2) is 25.3 Å². The van der Waals surface area contributed by atoms with Crippen molar-refractivity contribution in [3.8, 4) is 23.0 Å². The number of fused-ring (bicyclic) bond motifs is 1. The summed E-state index contributed by atoms with van der Waals surface area (Å²) in [4.78, 5) is 14.3. The van der Waals surface area contributed by atoms with Crippen LogP contribution in [0.5, 0.6) is 23.0 Å². The molecule has 27 heavy (non-hydrogen) atoms. The largest absolute Gasteiger partial charge is 0.507 e. The molecular weight excluding hydrogens is 346 g/mol. The van der Waals surface area contributed by atoms with E-state index >= 15 is 0 Å². The van der Waals surface area contributed by atoms with Crippen LogP contribution in [0.1, 0.15) is 18.4 Å². The van der Waals surface area contributed by atoms with Crippen molar-refractivity contribution in [2.45, 2.75) is 19.4 Å². The van der Waals surface area contributed by atoms with Crippen LogP contribution in [0.3, 0.4) is 0 Å². The first-order chi connectivity index (χ1) is 13.2. The molecule has 6 nitrogen and oxygen atoms in total. The number of rotatable bonds is 5. The average molecular weight is 368 g/mol. The van der Waals surface area contributed by atoms with Gasteiger partial charge in [-0.2, -0.15) is 0 Å². The molecule has 1 aliphatic rings. The van der Waals surface area contributed by atoms with Crippen LogP contribution in [-0.2, 0) is 6.54 Å². The normalized spacial score (nSPS) is 14.6. The molecule has 2 aromatic carbocycles. The molecule has 0 spiro atoms. The predicted octanol–water partition coefficient (Wildman–Crippen LogP) is 2.48. The molecule has 1 fully saturated rings. The van der Waals surface area contributed by atoms with Gasteiger partial charge in [-0.25, -0.2) is 0 Å². The fourth-order valence-electron chi connectivity index (χ4n) is 3.59. The molecule has 6 heteroatoms. The van der Waals surface area contributed by atoms with E-state index in [2.05, 4.69) is 0 Å². The van der Waals surface area contributed by atoms with Crippen LogP contribution in [0.4, 0.5) is 0 Å². The number of methoxy groups -OCH3 is 1. The van der Waals surface area contributed by atoms with Crippen molar-refractivity contribution in [1.29, 1.82) is 0 Å². The Hall–Kier alpha value is -2.99. The fourth-order valence-corrected chi connectivity index (χ4v) is 3.59. The zero-order valence-corrected chi connectivity index (χ0v) is 15.2. The molecule has 3 aromatic rings. The van der Waals surface area contributed by atoms with Gasteiger partial charge in [0.05, 0.1) is 31.1 Å². The first-order valence-electron chi connectivity index (χ1n) is 9.08. The third-order valence-corrected chi connectivity index (χ3v) is 5.01. The highest BCUT2D eigenvalue weighted by atomic mass is 16.5. The van der Waals surface area contributed by atoms with Gasteiger partial charge >= 0.3 is 0 Å². The highest BCUT2D eigenvalue weighted by molar-refractivity contribution is 5.82. The summed E-state index contributed by atoms with van der Waals surface area (Å²) >= 11 is 0. The first-order valence-corrected chi connectivity index (χ1v) is 9.08. The van der Waals surface area contributed by atoms with E-state index in [-0.39, 0.29) is 16.9 Å². The lowest BCUT2D eigenvalue weighted by Gasteiger charge is -2.14. The summed E-state index contributed by atoms with van der Waals surface area (Å²) < 4.78 is 16.8. The number of benzene rings is 2. The third-order valence-electron chi connectivity index (χ3n) is 5.01. The van der Waals surface area contributed by atoms with E-state index in [1.54, 1.807) is 37.4 Å². The van der Waals surface area contributed by atoms with Crippen molar-refractivity contribution in [3.05, 3.63) is 58.4 Å². The van der Waals surface area contributed by atoms with Crippen LogP contribution in [0.15, 0.2) is 51.9 Å². The number of nitrogens with one attached hydrogen (secondary N) is 1.